The predicted octanol–water partition coefficient (Wildman–Crippen LogP) is -2.15. The van der Waals surface area contributed by atoms with E-state index in [1.165, 1.54) is 11.8 Å². The van der Waals surface area contributed by atoms with Crippen molar-refractivity contribution in [2.24, 2.45) is 11.5 Å². The minimum absolute atomic E-state index is 0.170. The average molecular weight is 490 g/mol. The van der Waals surface area contributed by atoms with Crippen molar-refractivity contribution in [1.29, 1.82) is 0 Å². The van der Waals surface area contributed by atoms with E-state index in [0.29, 0.717) is 12.2 Å². The van der Waals surface area contributed by atoms with Gasteiger partial charge in [-0.1, -0.05) is 0 Å². The molecule has 0 aromatic rings. The Morgan fingerprint density at radius 1 is 1.06 bits per heavy atom. The molecule has 14 heteroatoms. The Labute approximate surface area is 195 Å². The standard InChI is InChI=1S/C19H31N5O8S/c1-33-8-6-11(22-16(28)10(20)9-14(21)25)17(29)23-12(4-5-15(26)27)18(30)24-7-2-3-13(24)19(31)32/h10-13H,2-9,20H2,1H3,(H2,21,25)(H,22,28)(H,23,29)(H,26,27)(H,31,32). The van der Waals surface area contributed by atoms with Crippen molar-refractivity contribution in [2.45, 2.75) is 62.7 Å². The number of carboxylic acids is 2. The summed E-state index contributed by atoms with van der Waals surface area (Å²) in [5.41, 5.74) is 10.7. The number of carbonyl (C=O) groups excluding carboxylic acids is 4. The Bertz CT molecular complexity index is 764. The molecule has 0 radical (unpaired) electrons. The molecule has 1 heterocycles. The number of nitrogens with two attached hydrogens (primary N) is 2. The van der Waals surface area contributed by atoms with Crippen LogP contribution in [0.5, 0.6) is 0 Å². The molecule has 4 unspecified atom stereocenters. The molecule has 4 atom stereocenters. The van der Waals surface area contributed by atoms with E-state index >= 15 is 0 Å². The lowest BCUT2D eigenvalue weighted by Crippen LogP contribution is -2.57. The Morgan fingerprint density at radius 2 is 1.70 bits per heavy atom. The van der Waals surface area contributed by atoms with Crippen LogP contribution >= 0.6 is 11.8 Å². The molecular formula is C19H31N5O8S. The van der Waals surface area contributed by atoms with Crippen LogP contribution < -0.4 is 22.1 Å². The summed E-state index contributed by atoms with van der Waals surface area (Å²) in [6.45, 7) is 0.170. The first kappa shape index (κ1) is 28.2. The number of primary amides is 1. The van der Waals surface area contributed by atoms with Crippen LogP contribution in [-0.2, 0) is 28.8 Å². The number of rotatable bonds is 14. The fraction of sp³-hybridized carbons (Fsp3) is 0.684. The van der Waals surface area contributed by atoms with Crippen molar-refractivity contribution in [3.63, 3.8) is 0 Å². The number of carbonyl (C=O) groups is 6. The van der Waals surface area contributed by atoms with Gasteiger partial charge >= 0.3 is 11.9 Å². The van der Waals surface area contributed by atoms with Crippen LogP contribution in [0.3, 0.4) is 0 Å². The van der Waals surface area contributed by atoms with Crippen molar-refractivity contribution in [3.8, 4) is 0 Å². The lowest BCUT2D eigenvalue weighted by Gasteiger charge is -2.28. The summed E-state index contributed by atoms with van der Waals surface area (Å²) in [6, 6.07) is -4.72. The van der Waals surface area contributed by atoms with E-state index in [2.05, 4.69) is 10.6 Å². The molecule has 0 aliphatic carbocycles. The fourth-order valence-corrected chi connectivity index (χ4v) is 3.85. The molecule has 0 spiro atoms. The maximum atomic E-state index is 13.0. The van der Waals surface area contributed by atoms with Gasteiger partial charge < -0.3 is 37.2 Å². The third kappa shape index (κ3) is 9.26. The molecule has 0 saturated carbocycles. The van der Waals surface area contributed by atoms with Gasteiger partial charge in [-0.3, -0.25) is 24.0 Å². The molecule has 1 fully saturated rings. The van der Waals surface area contributed by atoms with Crippen LogP contribution in [0.1, 0.15) is 38.5 Å². The van der Waals surface area contributed by atoms with Gasteiger partial charge in [0.1, 0.15) is 18.1 Å². The van der Waals surface area contributed by atoms with Gasteiger partial charge in [0.25, 0.3) is 0 Å². The summed E-state index contributed by atoms with van der Waals surface area (Å²) in [4.78, 5) is 72.8. The van der Waals surface area contributed by atoms with Crippen LogP contribution in [0.2, 0.25) is 0 Å². The SMILES string of the molecule is CSCCC(NC(=O)C(N)CC(N)=O)C(=O)NC(CCC(=O)O)C(=O)N1CCCC1C(=O)O. The molecule has 0 aromatic carbocycles. The van der Waals surface area contributed by atoms with Gasteiger partial charge in [0, 0.05) is 13.0 Å². The molecule has 186 valence electrons. The Kier molecular flexibility index (Phi) is 11.6. The first-order valence-electron chi connectivity index (χ1n) is 10.4. The van der Waals surface area contributed by atoms with Crippen molar-refractivity contribution in [2.75, 3.05) is 18.6 Å². The summed E-state index contributed by atoms with van der Waals surface area (Å²) in [6.07, 6.45) is 1.56. The van der Waals surface area contributed by atoms with Crippen molar-refractivity contribution >= 4 is 47.3 Å². The largest absolute Gasteiger partial charge is 0.481 e. The van der Waals surface area contributed by atoms with Gasteiger partial charge in [-0.25, -0.2) is 4.79 Å². The highest BCUT2D eigenvalue weighted by molar-refractivity contribution is 7.98. The van der Waals surface area contributed by atoms with E-state index in [-0.39, 0.29) is 25.8 Å². The van der Waals surface area contributed by atoms with Gasteiger partial charge in [0.2, 0.25) is 23.6 Å². The van der Waals surface area contributed by atoms with Crippen LogP contribution in [0.4, 0.5) is 0 Å². The second kappa shape index (κ2) is 13.6. The molecule has 13 nitrogen and oxygen atoms in total. The van der Waals surface area contributed by atoms with Gasteiger partial charge in [-0.05, 0) is 37.7 Å². The highest BCUT2D eigenvalue weighted by Gasteiger charge is 2.38. The Balaban J connectivity index is 3.00. The van der Waals surface area contributed by atoms with E-state index in [0.717, 1.165) is 4.90 Å². The molecule has 8 N–H and O–H groups in total. The van der Waals surface area contributed by atoms with Crippen molar-refractivity contribution < 1.29 is 39.0 Å². The van der Waals surface area contributed by atoms with Crippen molar-refractivity contribution in [1.82, 2.24) is 15.5 Å². The predicted molar refractivity (Wildman–Crippen MR) is 118 cm³/mol. The topological polar surface area (TPSA) is 222 Å². The minimum Gasteiger partial charge on any atom is -0.481 e. The zero-order valence-electron chi connectivity index (χ0n) is 18.3. The lowest BCUT2D eigenvalue weighted by molar-refractivity contribution is -0.150. The maximum absolute atomic E-state index is 13.0. The van der Waals surface area contributed by atoms with Crippen LogP contribution in [-0.4, -0.2) is 93.4 Å². The van der Waals surface area contributed by atoms with Crippen LogP contribution in [0, 0.1) is 0 Å². The number of likely N-dealkylation sites (tertiary alicyclic amines) is 1. The molecule has 1 aliphatic heterocycles. The number of thioether (sulfide) groups is 1. The second-order valence-corrected chi connectivity index (χ2v) is 8.63. The molecule has 0 aromatic heterocycles. The minimum atomic E-state index is -1.29. The maximum Gasteiger partial charge on any atom is 0.326 e. The van der Waals surface area contributed by atoms with Gasteiger partial charge in [-0.2, -0.15) is 11.8 Å². The molecule has 0 bridgehead atoms. The second-order valence-electron chi connectivity index (χ2n) is 7.64. The third-order valence-corrected chi connectivity index (χ3v) is 5.73. The Morgan fingerprint density at radius 3 is 2.24 bits per heavy atom. The summed E-state index contributed by atoms with van der Waals surface area (Å²) >= 11 is 1.40. The number of hydrogen-bond acceptors (Lipinski definition) is 8. The summed E-state index contributed by atoms with van der Waals surface area (Å²) < 4.78 is 0. The number of carboxylic acid groups (broad SMARTS) is 2. The fourth-order valence-electron chi connectivity index (χ4n) is 3.38. The molecule has 33 heavy (non-hydrogen) atoms. The average Bonchev–Trinajstić information content (AvgIpc) is 3.22. The zero-order valence-corrected chi connectivity index (χ0v) is 19.1. The zero-order chi connectivity index (χ0) is 25.1. The number of hydrogen-bond donors (Lipinski definition) is 6. The smallest absolute Gasteiger partial charge is 0.326 e. The summed E-state index contributed by atoms with van der Waals surface area (Å²) in [7, 11) is 0. The van der Waals surface area contributed by atoms with Gasteiger partial charge in [-0.15, -0.1) is 0 Å². The quantitative estimate of drug-likeness (QED) is 0.155. The molecule has 4 amide bonds. The number of nitrogens with zero attached hydrogens (tertiary/aromatic N) is 1. The van der Waals surface area contributed by atoms with Gasteiger partial charge in [0.15, 0.2) is 0 Å². The third-order valence-electron chi connectivity index (χ3n) is 5.08. The molecule has 1 aliphatic rings. The highest BCUT2D eigenvalue weighted by Crippen LogP contribution is 2.20. The lowest BCUT2D eigenvalue weighted by atomic mass is 10.1. The Hall–Kier alpha value is -2.87. The normalized spacial score (nSPS) is 18.1. The van der Waals surface area contributed by atoms with Gasteiger partial charge in [0.05, 0.1) is 12.5 Å². The van der Waals surface area contributed by atoms with Crippen molar-refractivity contribution in [3.05, 3.63) is 0 Å². The van der Waals surface area contributed by atoms with E-state index in [1.807, 2.05) is 0 Å². The van der Waals surface area contributed by atoms with E-state index < -0.39 is 72.6 Å². The highest BCUT2D eigenvalue weighted by atomic mass is 32.2. The first-order valence-corrected chi connectivity index (χ1v) is 11.8. The van der Waals surface area contributed by atoms with Crippen LogP contribution in [0.15, 0.2) is 0 Å². The molecule has 1 rings (SSSR count). The molecular weight excluding hydrogens is 458 g/mol. The summed E-state index contributed by atoms with van der Waals surface area (Å²) in [5, 5.41) is 23.3. The number of nitrogens with one attached hydrogen (secondary N) is 2. The van der Waals surface area contributed by atoms with E-state index in [4.69, 9.17) is 16.6 Å². The molecule has 1 saturated heterocycles. The first-order chi connectivity index (χ1) is 15.5. The van der Waals surface area contributed by atoms with E-state index in [1.54, 1.807) is 6.26 Å². The monoisotopic (exact) mass is 489 g/mol. The number of amides is 4. The summed E-state index contributed by atoms with van der Waals surface area (Å²) in [5.74, 6) is -4.94. The van der Waals surface area contributed by atoms with E-state index in [9.17, 15) is 33.9 Å². The number of aliphatic carboxylic acids is 2. The van der Waals surface area contributed by atoms with Crippen LogP contribution in [0.25, 0.3) is 0 Å².